The van der Waals surface area contributed by atoms with E-state index in [2.05, 4.69) is 14.9 Å². The van der Waals surface area contributed by atoms with Gasteiger partial charge in [-0.1, -0.05) is 11.6 Å². The highest BCUT2D eigenvalue weighted by molar-refractivity contribution is 6.31. The second-order valence-electron chi connectivity index (χ2n) is 5.16. The highest BCUT2D eigenvalue weighted by Crippen LogP contribution is 2.27. The fraction of sp³-hybridized carbons (Fsp3) is 0.467. The van der Waals surface area contributed by atoms with Crippen molar-refractivity contribution in [3.8, 4) is 0 Å². The Hall–Kier alpha value is -1.43. The minimum atomic E-state index is 0.0609. The molecular formula is C15H18ClN3O2. The molecule has 1 N–H and O–H groups in total. The molecule has 3 rings (SSSR count). The number of ether oxygens (including phenoxy) is 1. The summed E-state index contributed by atoms with van der Waals surface area (Å²) in [7, 11) is 0. The van der Waals surface area contributed by atoms with Crippen molar-refractivity contribution >= 4 is 28.3 Å². The molecule has 1 aliphatic heterocycles. The Morgan fingerprint density at radius 1 is 1.38 bits per heavy atom. The smallest absolute Gasteiger partial charge is 0.139 e. The van der Waals surface area contributed by atoms with Crippen LogP contribution >= 0.6 is 11.6 Å². The van der Waals surface area contributed by atoms with Gasteiger partial charge in [0.05, 0.1) is 24.8 Å². The summed E-state index contributed by atoms with van der Waals surface area (Å²) < 4.78 is 5.66. The van der Waals surface area contributed by atoms with Gasteiger partial charge in [-0.05, 0) is 31.0 Å². The summed E-state index contributed by atoms with van der Waals surface area (Å²) in [5.41, 5.74) is 0.853. The lowest BCUT2D eigenvalue weighted by molar-refractivity contribution is 0.0214. The second kappa shape index (κ2) is 6.56. The third-order valence-corrected chi connectivity index (χ3v) is 3.94. The van der Waals surface area contributed by atoms with Gasteiger partial charge in [0, 0.05) is 23.5 Å². The SMILES string of the molecule is OCCOC1CCCN(c2ncnc3cc(Cl)ccc23)C1. The van der Waals surface area contributed by atoms with Crippen molar-refractivity contribution in [1.29, 1.82) is 0 Å². The van der Waals surface area contributed by atoms with Crippen LogP contribution in [0.15, 0.2) is 24.5 Å². The molecule has 0 saturated carbocycles. The van der Waals surface area contributed by atoms with Crippen LogP contribution in [0.4, 0.5) is 5.82 Å². The van der Waals surface area contributed by atoms with Crippen molar-refractivity contribution in [3.05, 3.63) is 29.5 Å². The number of benzene rings is 1. The van der Waals surface area contributed by atoms with Crippen molar-refractivity contribution in [2.45, 2.75) is 18.9 Å². The first-order chi connectivity index (χ1) is 10.3. The molecule has 21 heavy (non-hydrogen) atoms. The zero-order valence-corrected chi connectivity index (χ0v) is 12.5. The quantitative estimate of drug-likeness (QED) is 0.939. The van der Waals surface area contributed by atoms with Gasteiger partial charge in [-0.2, -0.15) is 0 Å². The Balaban J connectivity index is 1.86. The summed E-state index contributed by atoms with van der Waals surface area (Å²) in [5, 5.41) is 10.6. The van der Waals surface area contributed by atoms with Gasteiger partial charge in [0.2, 0.25) is 0 Å². The molecule has 1 aromatic heterocycles. The molecule has 0 radical (unpaired) electrons. The lowest BCUT2D eigenvalue weighted by Gasteiger charge is -2.33. The summed E-state index contributed by atoms with van der Waals surface area (Å²) in [5.74, 6) is 0.925. The molecule has 1 aromatic carbocycles. The van der Waals surface area contributed by atoms with Gasteiger partial charge in [0.15, 0.2) is 0 Å². The highest BCUT2D eigenvalue weighted by Gasteiger charge is 2.22. The predicted octanol–water partition coefficient (Wildman–Crippen LogP) is 2.26. The zero-order valence-electron chi connectivity index (χ0n) is 11.7. The Labute approximate surface area is 128 Å². The predicted molar refractivity (Wildman–Crippen MR) is 82.8 cm³/mol. The molecule has 0 spiro atoms. The Morgan fingerprint density at radius 3 is 3.14 bits per heavy atom. The zero-order chi connectivity index (χ0) is 14.7. The first kappa shape index (κ1) is 14.5. The number of piperidine rings is 1. The van der Waals surface area contributed by atoms with Gasteiger partial charge >= 0.3 is 0 Å². The van der Waals surface area contributed by atoms with E-state index in [0.29, 0.717) is 11.6 Å². The number of aliphatic hydroxyl groups is 1. The van der Waals surface area contributed by atoms with Crippen LogP contribution < -0.4 is 4.90 Å². The molecule has 6 heteroatoms. The average Bonchev–Trinajstić information content (AvgIpc) is 2.52. The maximum atomic E-state index is 8.88. The van der Waals surface area contributed by atoms with Crippen molar-refractivity contribution in [2.24, 2.45) is 0 Å². The van der Waals surface area contributed by atoms with Crippen LogP contribution in [0, 0.1) is 0 Å². The van der Waals surface area contributed by atoms with Crippen LogP contribution in [-0.4, -0.2) is 47.5 Å². The van der Waals surface area contributed by atoms with Crippen LogP contribution in [0.3, 0.4) is 0 Å². The normalized spacial score (nSPS) is 19.1. The first-order valence-corrected chi connectivity index (χ1v) is 7.53. The molecule has 1 unspecified atom stereocenters. The molecule has 1 aliphatic rings. The lowest BCUT2D eigenvalue weighted by Crippen LogP contribution is -2.40. The van der Waals surface area contributed by atoms with E-state index in [1.807, 2.05) is 18.2 Å². The van der Waals surface area contributed by atoms with E-state index in [4.69, 9.17) is 21.4 Å². The van der Waals surface area contributed by atoms with E-state index in [-0.39, 0.29) is 12.7 Å². The summed E-state index contributed by atoms with van der Waals surface area (Å²) in [6.45, 7) is 2.19. The molecule has 5 nitrogen and oxygen atoms in total. The van der Waals surface area contributed by atoms with E-state index in [9.17, 15) is 0 Å². The van der Waals surface area contributed by atoms with Crippen LogP contribution in [0.1, 0.15) is 12.8 Å². The molecule has 0 aliphatic carbocycles. The summed E-state index contributed by atoms with van der Waals surface area (Å²) in [4.78, 5) is 10.9. The number of nitrogens with zero attached hydrogens (tertiary/aromatic N) is 3. The molecule has 1 atom stereocenters. The number of anilines is 1. The van der Waals surface area contributed by atoms with Crippen LogP contribution in [0.5, 0.6) is 0 Å². The van der Waals surface area contributed by atoms with Crippen LogP contribution in [-0.2, 0) is 4.74 Å². The fourth-order valence-corrected chi connectivity index (χ4v) is 2.92. The van der Waals surface area contributed by atoms with E-state index in [1.165, 1.54) is 0 Å². The van der Waals surface area contributed by atoms with Crippen LogP contribution in [0.25, 0.3) is 10.9 Å². The van der Waals surface area contributed by atoms with Crippen molar-refractivity contribution < 1.29 is 9.84 Å². The number of fused-ring (bicyclic) bond motifs is 1. The molecule has 1 fully saturated rings. The van der Waals surface area contributed by atoms with Gasteiger partial charge in [-0.25, -0.2) is 9.97 Å². The van der Waals surface area contributed by atoms with Gasteiger partial charge < -0.3 is 14.7 Å². The number of hydrogen-bond donors (Lipinski definition) is 1. The number of rotatable bonds is 4. The van der Waals surface area contributed by atoms with Gasteiger partial charge in [0.25, 0.3) is 0 Å². The summed E-state index contributed by atoms with van der Waals surface area (Å²) in [6, 6.07) is 5.68. The Bertz CT molecular complexity index is 623. The minimum absolute atomic E-state index is 0.0609. The molecule has 0 bridgehead atoms. The van der Waals surface area contributed by atoms with Gasteiger partial charge in [-0.3, -0.25) is 0 Å². The van der Waals surface area contributed by atoms with Crippen molar-refractivity contribution in [1.82, 2.24) is 9.97 Å². The van der Waals surface area contributed by atoms with E-state index in [1.54, 1.807) is 6.33 Å². The van der Waals surface area contributed by atoms with Crippen molar-refractivity contribution in [3.63, 3.8) is 0 Å². The fourth-order valence-electron chi connectivity index (χ4n) is 2.75. The molecule has 112 valence electrons. The summed E-state index contributed by atoms with van der Waals surface area (Å²) in [6.07, 6.45) is 3.79. The monoisotopic (exact) mass is 307 g/mol. The first-order valence-electron chi connectivity index (χ1n) is 7.15. The molecule has 0 amide bonds. The maximum absolute atomic E-state index is 8.88. The second-order valence-corrected chi connectivity index (χ2v) is 5.60. The van der Waals surface area contributed by atoms with E-state index >= 15 is 0 Å². The minimum Gasteiger partial charge on any atom is -0.394 e. The largest absolute Gasteiger partial charge is 0.394 e. The molecular weight excluding hydrogens is 290 g/mol. The number of hydrogen-bond acceptors (Lipinski definition) is 5. The number of aromatic nitrogens is 2. The van der Waals surface area contributed by atoms with Gasteiger partial charge in [-0.15, -0.1) is 0 Å². The Kier molecular flexibility index (Phi) is 4.53. The highest BCUT2D eigenvalue weighted by atomic mass is 35.5. The summed E-state index contributed by atoms with van der Waals surface area (Å²) >= 11 is 6.02. The van der Waals surface area contributed by atoms with Crippen molar-refractivity contribution in [2.75, 3.05) is 31.2 Å². The third kappa shape index (κ3) is 3.26. The molecule has 1 saturated heterocycles. The maximum Gasteiger partial charge on any atom is 0.139 e. The van der Waals surface area contributed by atoms with Gasteiger partial charge in [0.1, 0.15) is 12.1 Å². The molecule has 2 heterocycles. The average molecular weight is 308 g/mol. The van der Waals surface area contributed by atoms with E-state index < -0.39 is 0 Å². The number of aliphatic hydroxyl groups excluding tert-OH is 1. The van der Waals surface area contributed by atoms with Crippen LogP contribution in [0.2, 0.25) is 5.02 Å². The Morgan fingerprint density at radius 2 is 2.29 bits per heavy atom. The molecule has 2 aromatic rings. The van der Waals surface area contributed by atoms with E-state index in [0.717, 1.165) is 42.7 Å². The topological polar surface area (TPSA) is 58.5 Å². The third-order valence-electron chi connectivity index (χ3n) is 3.70. The standard InChI is InChI=1S/C15H18ClN3O2/c16-11-3-4-13-14(8-11)17-10-18-15(13)19-5-1-2-12(9-19)21-7-6-20/h3-4,8,10,12,20H,1-2,5-7,9H2. The number of halogens is 1. The lowest BCUT2D eigenvalue weighted by atomic mass is 10.1.